The molecule has 0 fully saturated rings. The second-order valence-electron chi connectivity index (χ2n) is 2.81. The first-order chi connectivity index (χ1) is 6.57. The van der Waals surface area contributed by atoms with Crippen LogP contribution >= 0.6 is 0 Å². The minimum absolute atomic E-state index is 0.108. The molecule has 2 nitrogen and oxygen atoms in total. The third-order valence-electron chi connectivity index (χ3n) is 1.81. The molecule has 0 bridgehead atoms. The van der Waals surface area contributed by atoms with Crippen LogP contribution in [0.25, 0.3) is 0 Å². The molecular formula is C9H9F3O2. The van der Waals surface area contributed by atoms with Gasteiger partial charge in [0.2, 0.25) is 0 Å². The Morgan fingerprint density at radius 2 is 1.79 bits per heavy atom. The maximum absolute atomic E-state index is 13.0. The number of phenols is 1. The fourth-order valence-corrected chi connectivity index (χ4v) is 1.12. The van der Waals surface area contributed by atoms with Crippen molar-refractivity contribution in [3.05, 3.63) is 29.1 Å². The molecule has 5 heteroatoms. The van der Waals surface area contributed by atoms with Crippen LogP contribution in [0.3, 0.4) is 0 Å². The van der Waals surface area contributed by atoms with Crippen molar-refractivity contribution in [2.45, 2.75) is 12.8 Å². The van der Waals surface area contributed by atoms with E-state index in [4.69, 9.17) is 10.2 Å². The standard InChI is InChI=1S/C9H9F3O2/c10-6-4-7(14)9(12)5(8(6)11)2-1-3-13/h4,13-14H,1-3H2. The Kier molecular flexibility index (Phi) is 3.35. The molecule has 14 heavy (non-hydrogen) atoms. The lowest BCUT2D eigenvalue weighted by molar-refractivity contribution is 0.286. The molecule has 0 aromatic heterocycles. The van der Waals surface area contributed by atoms with E-state index in [1.165, 1.54) is 0 Å². The molecule has 0 saturated heterocycles. The van der Waals surface area contributed by atoms with Crippen molar-refractivity contribution in [2.75, 3.05) is 6.61 Å². The maximum Gasteiger partial charge on any atom is 0.171 e. The van der Waals surface area contributed by atoms with Crippen LogP contribution in [0.15, 0.2) is 6.07 Å². The molecule has 1 aromatic rings. The highest BCUT2D eigenvalue weighted by molar-refractivity contribution is 5.32. The Morgan fingerprint density at radius 3 is 2.36 bits per heavy atom. The second kappa shape index (κ2) is 4.32. The van der Waals surface area contributed by atoms with Gasteiger partial charge in [-0.25, -0.2) is 13.2 Å². The van der Waals surface area contributed by atoms with E-state index in [9.17, 15) is 13.2 Å². The lowest BCUT2D eigenvalue weighted by atomic mass is 10.1. The molecule has 0 aliphatic heterocycles. The van der Waals surface area contributed by atoms with Crippen molar-refractivity contribution in [1.29, 1.82) is 0 Å². The van der Waals surface area contributed by atoms with Crippen molar-refractivity contribution < 1.29 is 23.4 Å². The predicted molar refractivity (Wildman–Crippen MR) is 43.4 cm³/mol. The van der Waals surface area contributed by atoms with E-state index in [-0.39, 0.29) is 19.4 Å². The molecule has 0 saturated carbocycles. The SMILES string of the molecule is OCCCc1c(F)c(O)cc(F)c1F. The van der Waals surface area contributed by atoms with E-state index in [0.717, 1.165) is 0 Å². The van der Waals surface area contributed by atoms with Gasteiger partial charge in [-0.3, -0.25) is 0 Å². The summed E-state index contributed by atoms with van der Waals surface area (Å²) in [5.41, 5.74) is -0.531. The summed E-state index contributed by atoms with van der Waals surface area (Å²) in [7, 11) is 0. The van der Waals surface area contributed by atoms with Crippen LogP contribution in [-0.2, 0) is 6.42 Å². The van der Waals surface area contributed by atoms with E-state index in [2.05, 4.69) is 0 Å². The number of rotatable bonds is 3. The quantitative estimate of drug-likeness (QED) is 0.739. The molecule has 0 heterocycles. The van der Waals surface area contributed by atoms with Crippen LogP contribution in [0.2, 0.25) is 0 Å². The first-order valence-electron chi connectivity index (χ1n) is 4.04. The van der Waals surface area contributed by atoms with Gasteiger partial charge >= 0.3 is 0 Å². The monoisotopic (exact) mass is 206 g/mol. The van der Waals surface area contributed by atoms with E-state index in [1.807, 2.05) is 0 Å². The van der Waals surface area contributed by atoms with Gasteiger partial charge in [-0.15, -0.1) is 0 Å². The Balaban J connectivity index is 3.11. The van der Waals surface area contributed by atoms with Crippen LogP contribution in [0.4, 0.5) is 13.2 Å². The number of hydrogen-bond acceptors (Lipinski definition) is 2. The molecule has 1 rings (SSSR count). The summed E-state index contributed by atoms with van der Waals surface area (Å²) in [5, 5.41) is 17.3. The van der Waals surface area contributed by atoms with E-state index in [1.54, 1.807) is 0 Å². The smallest absolute Gasteiger partial charge is 0.171 e. The Morgan fingerprint density at radius 1 is 1.14 bits per heavy atom. The fraction of sp³-hybridized carbons (Fsp3) is 0.333. The van der Waals surface area contributed by atoms with Gasteiger partial charge in [-0.2, -0.15) is 0 Å². The largest absolute Gasteiger partial charge is 0.505 e. The molecule has 0 radical (unpaired) electrons. The summed E-state index contributed by atoms with van der Waals surface area (Å²) in [6, 6.07) is 0.382. The van der Waals surface area contributed by atoms with Gasteiger partial charge in [0, 0.05) is 18.2 Å². The van der Waals surface area contributed by atoms with Crippen molar-refractivity contribution in [3.8, 4) is 5.75 Å². The van der Waals surface area contributed by atoms with Gasteiger partial charge in [-0.05, 0) is 12.8 Å². The fourth-order valence-electron chi connectivity index (χ4n) is 1.12. The summed E-state index contributed by atoms with van der Waals surface area (Å²) >= 11 is 0. The average molecular weight is 206 g/mol. The van der Waals surface area contributed by atoms with Gasteiger partial charge in [0.15, 0.2) is 23.2 Å². The summed E-state index contributed by atoms with van der Waals surface area (Å²) in [4.78, 5) is 0. The van der Waals surface area contributed by atoms with Gasteiger partial charge in [0.25, 0.3) is 0 Å². The number of aliphatic hydroxyl groups excluding tert-OH is 1. The molecule has 0 amide bonds. The van der Waals surface area contributed by atoms with Gasteiger partial charge in [0.1, 0.15) is 0 Å². The molecular weight excluding hydrogens is 197 g/mol. The number of phenolic OH excluding ortho intramolecular Hbond substituents is 1. The molecule has 1 aromatic carbocycles. The van der Waals surface area contributed by atoms with Crippen LogP contribution in [0.1, 0.15) is 12.0 Å². The topological polar surface area (TPSA) is 40.5 Å². The third kappa shape index (κ3) is 1.98. The van der Waals surface area contributed by atoms with Gasteiger partial charge < -0.3 is 10.2 Å². The first kappa shape index (κ1) is 10.8. The van der Waals surface area contributed by atoms with Crippen LogP contribution in [-0.4, -0.2) is 16.8 Å². The Bertz CT molecular complexity index is 313. The summed E-state index contributed by atoms with van der Waals surface area (Å²) in [6.45, 7) is -0.254. The van der Waals surface area contributed by atoms with Crippen molar-refractivity contribution in [1.82, 2.24) is 0 Å². The zero-order valence-electron chi connectivity index (χ0n) is 7.23. The number of aromatic hydroxyl groups is 1. The zero-order chi connectivity index (χ0) is 10.7. The predicted octanol–water partition coefficient (Wildman–Crippen LogP) is 1.73. The van der Waals surface area contributed by atoms with Crippen LogP contribution in [0, 0.1) is 17.5 Å². The van der Waals surface area contributed by atoms with Crippen LogP contribution in [0.5, 0.6) is 5.75 Å². The molecule has 0 aliphatic rings. The van der Waals surface area contributed by atoms with E-state index in [0.29, 0.717) is 6.07 Å². The van der Waals surface area contributed by atoms with Crippen molar-refractivity contribution in [2.24, 2.45) is 0 Å². The summed E-state index contributed by atoms with van der Waals surface area (Å²) in [5.74, 6) is -4.69. The molecule has 2 N–H and O–H groups in total. The lowest BCUT2D eigenvalue weighted by Gasteiger charge is -2.06. The lowest BCUT2D eigenvalue weighted by Crippen LogP contribution is -2.01. The molecule has 0 aliphatic carbocycles. The number of aliphatic hydroxyl groups is 1. The van der Waals surface area contributed by atoms with Crippen molar-refractivity contribution >= 4 is 0 Å². The van der Waals surface area contributed by atoms with Crippen LogP contribution < -0.4 is 0 Å². The minimum Gasteiger partial charge on any atom is -0.505 e. The Labute approximate surface area is 78.6 Å². The number of hydrogen-bond donors (Lipinski definition) is 2. The molecule has 0 spiro atoms. The normalized spacial score (nSPS) is 10.6. The molecule has 78 valence electrons. The van der Waals surface area contributed by atoms with Gasteiger partial charge in [0.05, 0.1) is 0 Å². The number of benzene rings is 1. The second-order valence-corrected chi connectivity index (χ2v) is 2.81. The van der Waals surface area contributed by atoms with Crippen molar-refractivity contribution in [3.63, 3.8) is 0 Å². The molecule has 0 unspecified atom stereocenters. The summed E-state index contributed by atoms with van der Waals surface area (Å²) < 4.78 is 38.7. The maximum atomic E-state index is 13.0. The van der Waals surface area contributed by atoms with E-state index < -0.39 is 28.8 Å². The highest BCUT2D eigenvalue weighted by atomic mass is 19.2. The summed E-state index contributed by atoms with van der Waals surface area (Å²) in [6.07, 6.45) is -0.0454. The zero-order valence-corrected chi connectivity index (χ0v) is 7.23. The Hall–Kier alpha value is -1.23. The first-order valence-corrected chi connectivity index (χ1v) is 4.04. The average Bonchev–Trinajstić information content (AvgIpc) is 2.15. The number of halogens is 3. The van der Waals surface area contributed by atoms with E-state index >= 15 is 0 Å². The highest BCUT2D eigenvalue weighted by Crippen LogP contribution is 2.25. The van der Waals surface area contributed by atoms with Gasteiger partial charge in [-0.1, -0.05) is 0 Å². The minimum atomic E-state index is -1.31. The highest BCUT2D eigenvalue weighted by Gasteiger charge is 2.17. The third-order valence-corrected chi connectivity index (χ3v) is 1.81. The molecule has 0 atom stereocenters.